The molecule has 5 heteroatoms. The maximum absolute atomic E-state index is 12.2. The fourth-order valence-electron chi connectivity index (χ4n) is 2.94. The van der Waals surface area contributed by atoms with Crippen molar-refractivity contribution in [3.63, 3.8) is 0 Å². The van der Waals surface area contributed by atoms with Gasteiger partial charge in [0.25, 0.3) is 0 Å². The van der Waals surface area contributed by atoms with Crippen LogP contribution in [-0.2, 0) is 14.3 Å². The third kappa shape index (κ3) is 2.11. The molecular weight excluding hydrogens is 232 g/mol. The summed E-state index contributed by atoms with van der Waals surface area (Å²) in [4.78, 5) is 26.2. The van der Waals surface area contributed by atoms with E-state index >= 15 is 0 Å². The zero-order valence-corrected chi connectivity index (χ0v) is 11.4. The van der Waals surface area contributed by atoms with Gasteiger partial charge in [-0.15, -0.1) is 0 Å². The molecule has 2 rings (SSSR count). The molecule has 0 aromatic carbocycles. The third-order valence-corrected chi connectivity index (χ3v) is 4.18. The quantitative estimate of drug-likeness (QED) is 0.779. The van der Waals surface area contributed by atoms with Crippen LogP contribution in [0.2, 0.25) is 0 Å². The molecule has 1 saturated carbocycles. The van der Waals surface area contributed by atoms with E-state index in [1.54, 1.807) is 12.0 Å². The lowest BCUT2D eigenvalue weighted by molar-refractivity contribution is -0.157. The van der Waals surface area contributed by atoms with Gasteiger partial charge in [0.1, 0.15) is 5.54 Å². The Hall–Kier alpha value is -1.10. The van der Waals surface area contributed by atoms with Gasteiger partial charge in [-0.05, 0) is 39.0 Å². The average molecular weight is 254 g/mol. The van der Waals surface area contributed by atoms with Crippen molar-refractivity contribution in [2.24, 2.45) is 5.92 Å². The summed E-state index contributed by atoms with van der Waals surface area (Å²) in [5.74, 6) is 0.327. The van der Waals surface area contributed by atoms with Crippen LogP contribution < -0.4 is 5.32 Å². The Morgan fingerprint density at radius 2 is 2.17 bits per heavy atom. The van der Waals surface area contributed by atoms with Crippen LogP contribution in [0.4, 0.5) is 0 Å². The zero-order chi connectivity index (χ0) is 13.3. The Labute approximate surface area is 108 Å². The molecule has 2 aliphatic rings. The maximum Gasteiger partial charge on any atom is 0.246 e. The highest BCUT2D eigenvalue weighted by atomic mass is 16.5. The zero-order valence-electron chi connectivity index (χ0n) is 11.4. The first-order valence-electron chi connectivity index (χ1n) is 6.61. The van der Waals surface area contributed by atoms with Crippen molar-refractivity contribution in [2.45, 2.75) is 44.7 Å². The van der Waals surface area contributed by atoms with E-state index in [4.69, 9.17) is 4.74 Å². The topological polar surface area (TPSA) is 58.6 Å². The van der Waals surface area contributed by atoms with Gasteiger partial charge in [-0.3, -0.25) is 9.59 Å². The Balaban J connectivity index is 2.20. The summed E-state index contributed by atoms with van der Waals surface area (Å²) in [5.41, 5.74) is -0.664. The van der Waals surface area contributed by atoms with Crippen LogP contribution in [0, 0.1) is 5.92 Å². The number of hydrogen-bond acceptors (Lipinski definition) is 3. The summed E-state index contributed by atoms with van der Waals surface area (Å²) in [6.07, 6.45) is 2.83. The van der Waals surface area contributed by atoms with E-state index in [0.717, 1.165) is 19.3 Å². The van der Waals surface area contributed by atoms with Gasteiger partial charge < -0.3 is 15.0 Å². The van der Waals surface area contributed by atoms with Gasteiger partial charge >= 0.3 is 0 Å². The molecule has 0 bridgehead atoms. The molecule has 5 nitrogen and oxygen atoms in total. The van der Waals surface area contributed by atoms with Crippen molar-refractivity contribution in [3.8, 4) is 0 Å². The minimum absolute atomic E-state index is 0.00568. The summed E-state index contributed by atoms with van der Waals surface area (Å²) in [6.45, 7) is 4.63. The SMILES string of the molecule is COCCC(C)N1C(=O)CNC(=O)C1(C)C1CC1. The van der Waals surface area contributed by atoms with Crippen LogP contribution in [0.3, 0.4) is 0 Å². The molecule has 2 unspecified atom stereocenters. The van der Waals surface area contributed by atoms with Crippen LogP contribution in [0.1, 0.15) is 33.1 Å². The molecule has 0 aromatic heterocycles. The van der Waals surface area contributed by atoms with E-state index < -0.39 is 5.54 Å². The number of amides is 2. The van der Waals surface area contributed by atoms with E-state index in [1.807, 2.05) is 13.8 Å². The van der Waals surface area contributed by atoms with Gasteiger partial charge in [-0.2, -0.15) is 0 Å². The first-order chi connectivity index (χ1) is 8.51. The lowest BCUT2D eigenvalue weighted by Crippen LogP contribution is -2.69. The highest BCUT2D eigenvalue weighted by Crippen LogP contribution is 2.45. The van der Waals surface area contributed by atoms with E-state index in [2.05, 4.69) is 5.32 Å². The Kier molecular flexibility index (Phi) is 3.61. The second-order valence-corrected chi connectivity index (χ2v) is 5.50. The molecule has 102 valence electrons. The smallest absolute Gasteiger partial charge is 0.246 e. The molecule has 1 aliphatic heterocycles. The number of carbonyl (C=O) groups excluding carboxylic acids is 2. The van der Waals surface area contributed by atoms with Crippen LogP contribution in [0.5, 0.6) is 0 Å². The second-order valence-electron chi connectivity index (χ2n) is 5.50. The van der Waals surface area contributed by atoms with E-state index in [0.29, 0.717) is 12.5 Å². The lowest BCUT2D eigenvalue weighted by Gasteiger charge is -2.47. The van der Waals surface area contributed by atoms with E-state index in [1.165, 1.54) is 0 Å². The van der Waals surface area contributed by atoms with Crippen molar-refractivity contribution >= 4 is 11.8 Å². The van der Waals surface area contributed by atoms with Crippen LogP contribution in [-0.4, -0.2) is 48.6 Å². The molecule has 1 saturated heterocycles. The summed E-state index contributed by atoms with van der Waals surface area (Å²) < 4.78 is 5.07. The second kappa shape index (κ2) is 4.88. The minimum Gasteiger partial charge on any atom is -0.385 e. The molecule has 2 amide bonds. The molecule has 0 radical (unpaired) electrons. The molecule has 2 atom stereocenters. The Morgan fingerprint density at radius 1 is 1.50 bits per heavy atom. The third-order valence-electron chi connectivity index (χ3n) is 4.18. The summed E-state index contributed by atoms with van der Waals surface area (Å²) in [7, 11) is 1.65. The number of hydrogen-bond donors (Lipinski definition) is 1. The molecule has 1 heterocycles. The molecule has 0 spiro atoms. The number of methoxy groups -OCH3 is 1. The molecular formula is C13H22N2O3. The molecule has 1 N–H and O–H groups in total. The van der Waals surface area contributed by atoms with Gasteiger partial charge in [-0.1, -0.05) is 0 Å². The van der Waals surface area contributed by atoms with Crippen molar-refractivity contribution in [1.82, 2.24) is 10.2 Å². The fourth-order valence-corrected chi connectivity index (χ4v) is 2.94. The summed E-state index contributed by atoms with van der Waals surface area (Å²) >= 11 is 0. The number of rotatable bonds is 5. The van der Waals surface area contributed by atoms with Crippen molar-refractivity contribution in [2.75, 3.05) is 20.3 Å². The van der Waals surface area contributed by atoms with Crippen LogP contribution in [0.15, 0.2) is 0 Å². The summed E-state index contributed by atoms with van der Waals surface area (Å²) in [5, 5.41) is 2.72. The van der Waals surface area contributed by atoms with E-state index in [-0.39, 0.29) is 24.4 Å². The van der Waals surface area contributed by atoms with Crippen LogP contribution >= 0.6 is 0 Å². The number of piperazine rings is 1. The summed E-state index contributed by atoms with van der Waals surface area (Å²) in [6, 6.07) is 0.0362. The number of ether oxygens (including phenoxy) is 1. The number of carbonyl (C=O) groups is 2. The number of nitrogens with one attached hydrogen (secondary N) is 1. The number of nitrogens with zero attached hydrogens (tertiary/aromatic N) is 1. The molecule has 2 fully saturated rings. The van der Waals surface area contributed by atoms with Crippen LogP contribution in [0.25, 0.3) is 0 Å². The molecule has 0 aromatic rings. The highest BCUT2D eigenvalue weighted by molar-refractivity contribution is 5.98. The molecule has 18 heavy (non-hydrogen) atoms. The average Bonchev–Trinajstić information content (AvgIpc) is 3.16. The van der Waals surface area contributed by atoms with Gasteiger partial charge in [0.15, 0.2) is 0 Å². The first kappa shape index (κ1) is 13.3. The predicted molar refractivity (Wildman–Crippen MR) is 66.9 cm³/mol. The molecule has 1 aliphatic carbocycles. The van der Waals surface area contributed by atoms with Gasteiger partial charge in [0.05, 0.1) is 6.54 Å². The van der Waals surface area contributed by atoms with Gasteiger partial charge in [0, 0.05) is 19.8 Å². The fraction of sp³-hybridized carbons (Fsp3) is 0.846. The largest absolute Gasteiger partial charge is 0.385 e. The van der Waals surface area contributed by atoms with Crippen molar-refractivity contribution < 1.29 is 14.3 Å². The lowest BCUT2D eigenvalue weighted by atomic mass is 9.88. The van der Waals surface area contributed by atoms with E-state index in [9.17, 15) is 9.59 Å². The maximum atomic E-state index is 12.2. The monoisotopic (exact) mass is 254 g/mol. The Morgan fingerprint density at radius 3 is 2.72 bits per heavy atom. The highest BCUT2D eigenvalue weighted by Gasteiger charge is 2.55. The van der Waals surface area contributed by atoms with Gasteiger partial charge in [-0.25, -0.2) is 0 Å². The predicted octanol–water partition coefficient (Wildman–Crippen LogP) is 0.539. The van der Waals surface area contributed by atoms with Gasteiger partial charge in [0.2, 0.25) is 11.8 Å². The van der Waals surface area contributed by atoms with Crippen molar-refractivity contribution in [1.29, 1.82) is 0 Å². The normalized spacial score (nSPS) is 30.3. The first-order valence-corrected chi connectivity index (χ1v) is 6.61. The minimum atomic E-state index is -0.664. The Bertz CT molecular complexity index is 354. The standard InChI is InChI=1S/C13H22N2O3/c1-9(6-7-18-3)15-11(16)8-14-12(17)13(15,2)10-4-5-10/h9-10H,4-8H2,1-3H3,(H,14,17). The van der Waals surface area contributed by atoms with Crippen molar-refractivity contribution in [3.05, 3.63) is 0 Å².